The number of benzene rings is 2. The van der Waals surface area contributed by atoms with E-state index in [-0.39, 0.29) is 11.4 Å². The first-order valence-electron chi connectivity index (χ1n) is 7.06. The van der Waals surface area contributed by atoms with Crippen LogP contribution in [-0.2, 0) is 16.6 Å². The lowest BCUT2D eigenvalue weighted by Crippen LogP contribution is -2.23. The van der Waals surface area contributed by atoms with Gasteiger partial charge in [0.2, 0.25) is 10.0 Å². The molecule has 0 fully saturated rings. The first-order valence-corrected chi connectivity index (χ1v) is 8.54. The fourth-order valence-corrected chi connectivity index (χ4v) is 3.13. The Kier molecular flexibility index (Phi) is 4.45. The van der Waals surface area contributed by atoms with Crippen LogP contribution in [0.4, 0.5) is 0 Å². The maximum atomic E-state index is 12.2. The van der Waals surface area contributed by atoms with Gasteiger partial charge in [-0.1, -0.05) is 48.5 Å². The SMILES string of the molecule is O=S(=O)(NCc1cc(-c2ccccc2)ncn1)c1ccccc1. The van der Waals surface area contributed by atoms with Crippen LogP contribution in [-0.4, -0.2) is 18.4 Å². The summed E-state index contributed by atoms with van der Waals surface area (Å²) in [5, 5.41) is 0. The van der Waals surface area contributed by atoms with Crippen molar-refractivity contribution in [3.05, 3.63) is 78.8 Å². The van der Waals surface area contributed by atoms with E-state index >= 15 is 0 Å². The molecule has 0 aliphatic heterocycles. The second-order valence-electron chi connectivity index (χ2n) is 4.90. The van der Waals surface area contributed by atoms with Gasteiger partial charge in [0.1, 0.15) is 6.33 Å². The van der Waals surface area contributed by atoms with Crippen LogP contribution in [0.25, 0.3) is 11.3 Å². The summed E-state index contributed by atoms with van der Waals surface area (Å²) in [6.45, 7) is 0.111. The maximum absolute atomic E-state index is 12.2. The Bertz CT molecular complexity index is 882. The quantitative estimate of drug-likeness (QED) is 0.783. The van der Waals surface area contributed by atoms with Crippen molar-refractivity contribution < 1.29 is 8.42 Å². The Morgan fingerprint density at radius 1 is 0.870 bits per heavy atom. The molecule has 2 aromatic carbocycles. The van der Waals surface area contributed by atoms with Crippen molar-refractivity contribution in [2.45, 2.75) is 11.4 Å². The predicted octanol–water partition coefficient (Wildman–Crippen LogP) is 2.62. The van der Waals surface area contributed by atoms with Crippen molar-refractivity contribution in [2.75, 3.05) is 0 Å². The summed E-state index contributed by atoms with van der Waals surface area (Å²) in [5.74, 6) is 0. The van der Waals surface area contributed by atoms with E-state index in [0.717, 1.165) is 11.3 Å². The molecule has 0 amide bonds. The van der Waals surface area contributed by atoms with Crippen LogP contribution in [0.5, 0.6) is 0 Å². The minimum Gasteiger partial charge on any atom is -0.240 e. The summed E-state index contributed by atoms with van der Waals surface area (Å²) >= 11 is 0. The predicted molar refractivity (Wildman–Crippen MR) is 87.9 cm³/mol. The highest BCUT2D eigenvalue weighted by atomic mass is 32.2. The van der Waals surface area contributed by atoms with Gasteiger partial charge in [-0.3, -0.25) is 0 Å². The third-order valence-corrected chi connectivity index (χ3v) is 4.71. The van der Waals surface area contributed by atoms with E-state index in [1.54, 1.807) is 36.4 Å². The summed E-state index contributed by atoms with van der Waals surface area (Å²) < 4.78 is 27.0. The van der Waals surface area contributed by atoms with E-state index in [0.29, 0.717) is 5.69 Å². The van der Waals surface area contributed by atoms with Crippen molar-refractivity contribution in [1.82, 2.24) is 14.7 Å². The average molecular weight is 325 g/mol. The standard InChI is InChI=1S/C17H15N3O2S/c21-23(22,16-9-5-2-6-10-16)20-12-15-11-17(19-13-18-15)14-7-3-1-4-8-14/h1-11,13,20H,12H2. The number of hydrogen-bond acceptors (Lipinski definition) is 4. The van der Waals surface area contributed by atoms with Crippen molar-refractivity contribution >= 4 is 10.0 Å². The second kappa shape index (κ2) is 6.68. The van der Waals surface area contributed by atoms with Crippen LogP contribution in [0.2, 0.25) is 0 Å². The van der Waals surface area contributed by atoms with Crippen LogP contribution in [0.1, 0.15) is 5.69 Å². The van der Waals surface area contributed by atoms with Gasteiger partial charge in [-0.15, -0.1) is 0 Å². The van der Waals surface area contributed by atoms with Gasteiger partial charge in [-0.05, 0) is 18.2 Å². The molecule has 0 bridgehead atoms. The zero-order chi connectivity index (χ0) is 16.1. The summed E-state index contributed by atoms with van der Waals surface area (Å²) in [4.78, 5) is 8.58. The molecular weight excluding hydrogens is 310 g/mol. The molecule has 0 saturated heterocycles. The third kappa shape index (κ3) is 3.80. The molecule has 0 atom stereocenters. The number of hydrogen-bond donors (Lipinski definition) is 1. The van der Waals surface area contributed by atoms with Gasteiger partial charge < -0.3 is 0 Å². The molecule has 0 aliphatic carbocycles. The lowest BCUT2D eigenvalue weighted by Gasteiger charge is -2.07. The highest BCUT2D eigenvalue weighted by molar-refractivity contribution is 7.89. The lowest BCUT2D eigenvalue weighted by molar-refractivity contribution is 0.580. The number of sulfonamides is 1. The number of rotatable bonds is 5. The summed E-state index contributed by atoms with van der Waals surface area (Å²) in [5.41, 5.74) is 2.33. The molecular formula is C17H15N3O2S. The zero-order valence-electron chi connectivity index (χ0n) is 12.3. The fraction of sp³-hybridized carbons (Fsp3) is 0.0588. The van der Waals surface area contributed by atoms with Crippen LogP contribution < -0.4 is 4.72 Å². The van der Waals surface area contributed by atoms with Gasteiger partial charge in [-0.25, -0.2) is 23.1 Å². The van der Waals surface area contributed by atoms with E-state index in [4.69, 9.17) is 0 Å². The molecule has 0 unspecified atom stereocenters. The molecule has 116 valence electrons. The van der Waals surface area contributed by atoms with Gasteiger partial charge in [-0.2, -0.15) is 0 Å². The third-order valence-electron chi connectivity index (χ3n) is 3.29. The van der Waals surface area contributed by atoms with Gasteiger partial charge in [0.15, 0.2) is 0 Å². The molecule has 1 aromatic heterocycles. The van der Waals surface area contributed by atoms with Crippen molar-refractivity contribution in [1.29, 1.82) is 0 Å². The average Bonchev–Trinajstić information content (AvgIpc) is 2.62. The number of nitrogens with one attached hydrogen (secondary N) is 1. The molecule has 0 saturated carbocycles. The lowest BCUT2D eigenvalue weighted by atomic mass is 10.1. The molecule has 3 rings (SSSR count). The second-order valence-corrected chi connectivity index (χ2v) is 6.67. The molecule has 23 heavy (non-hydrogen) atoms. The summed E-state index contributed by atoms with van der Waals surface area (Å²) in [7, 11) is -3.55. The minimum absolute atomic E-state index is 0.111. The van der Waals surface area contributed by atoms with Crippen molar-refractivity contribution in [2.24, 2.45) is 0 Å². The monoisotopic (exact) mass is 325 g/mol. The van der Waals surface area contributed by atoms with E-state index < -0.39 is 10.0 Å². The van der Waals surface area contributed by atoms with E-state index in [1.165, 1.54) is 6.33 Å². The van der Waals surface area contributed by atoms with Crippen LogP contribution in [0, 0.1) is 0 Å². The van der Waals surface area contributed by atoms with E-state index in [9.17, 15) is 8.42 Å². The van der Waals surface area contributed by atoms with Gasteiger partial charge >= 0.3 is 0 Å². The van der Waals surface area contributed by atoms with Gasteiger partial charge in [0.25, 0.3) is 0 Å². The normalized spacial score (nSPS) is 11.3. The van der Waals surface area contributed by atoms with Crippen LogP contribution in [0.3, 0.4) is 0 Å². The zero-order valence-corrected chi connectivity index (χ0v) is 13.1. The number of aromatic nitrogens is 2. The highest BCUT2D eigenvalue weighted by Gasteiger charge is 2.13. The Hall–Kier alpha value is -2.57. The van der Waals surface area contributed by atoms with E-state index in [2.05, 4.69) is 14.7 Å². The molecule has 1 heterocycles. The number of nitrogens with zero attached hydrogens (tertiary/aromatic N) is 2. The topological polar surface area (TPSA) is 72.0 Å². The fourth-order valence-electron chi connectivity index (χ4n) is 2.11. The molecule has 0 spiro atoms. The maximum Gasteiger partial charge on any atom is 0.240 e. The van der Waals surface area contributed by atoms with Crippen molar-refractivity contribution in [3.63, 3.8) is 0 Å². The molecule has 5 nitrogen and oxygen atoms in total. The Labute approximate surface area is 135 Å². The minimum atomic E-state index is -3.55. The van der Waals surface area contributed by atoms with Crippen LogP contribution in [0.15, 0.2) is 78.0 Å². The Balaban J connectivity index is 1.77. The molecule has 1 N–H and O–H groups in total. The summed E-state index contributed by atoms with van der Waals surface area (Å²) in [6, 6.07) is 19.7. The van der Waals surface area contributed by atoms with E-state index in [1.807, 2.05) is 30.3 Å². The molecule has 3 aromatic rings. The first kappa shape index (κ1) is 15.3. The molecule has 0 radical (unpaired) electrons. The molecule has 0 aliphatic rings. The molecule has 6 heteroatoms. The Morgan fingerprint density at radius 2 is 1.52 bits per heavy atom. The smallest absolute Gasteiger partial charge is 0.240 e. The van der Waals surface area contributed by atoms with Crippen LogP contribution >= 0.6 is 0 Å². The Morgan fingerprint density at radius 3 is 2.22 bits per heavy atom. The van der Waals surface area contributed by atoms with Crippen molar-refractivity contribution in [3.8, 4) is 11.3 Å². The van der Waals surface area contributed by atoms with Gasteiger partial charge in [0.05, 0.1) is 22.8 Å². The highest BCUT2D eigenvalue weighted by Crippen LogP contribution is 2.16. The first-order chi connectivity index (χ1) is 11.1. The van der Waals surface area contributed by atoms with Gasteiger partial charge in [0, 0.05) is 5.56 Å². The largest absolute Gasteiger partial charge is 0.240 e. The summed E-state index contributed by atoms with van der Waals surface area (Å²) in [6.07, 6.45) is 1.44.